The molecule has 0 amide bonds. The zero-order chi connectivity index (χ0) is 16.5. The van der Waals surface area contributed by atoms with Gasteiger partial charge >= 0.3 is 0 Å². The highest BCUT2D eigenvalue weighted by atomic mass is 32.1. The zero-order valence-electron chi connectivity index (χ0n) is 15.0. The van der Waals surface area contributed by atoms with Gasteiger partial charge in [0, 0.05) is 5.54 Å². The molecule has 0 aromatic carbocycles. The molecule has 3 saturated carbocycles. The molecule has 3 nitrogen and oxygen atoms in total. The first-order chi connectivity index (χ1) is 11.0. The maximum atomic E-state index is 10.0. The first kappa shape index (κ1) is 17.1. The summed E-state index contributed by atoms with van der Waals surface area (Å²) in [6.45, 7) is 6.52. The SMILES string of the molecule is CCCCCC12CCC(Nc3nc(O)c(C(C)C)s3)(CC1)CC2. The van der Waals surface area contributed by atoms with Gasteiger partial charge in [-0.15, -0.1) is 0 Å². The highest BCUT2D eigenvalue weighted by molar-refractivity contribution is 7.16. The molecule has 3 aliphatic rings. The molecule has 2 N–H and O–H groups in total. The molecule has 0 spiro atoms. The highest BCUT2D eigenvalue weighted by Crippen LogP contribution is 2.56. The summed E-state index contributed by atoms with van der Waals surface area (Å²) < 4.78 is 0. The van der Waals surface area contributed by atoms with Crippen LogP contribution in [-0.2, 0) is 0 Å². The number of rotatable bonds is 7. The molecule has 1 aromatic rings. The van der Waals surface area contributed by atoms with Crippen molar-refractivity contribution in [1.82, 2.24) is 4.98 Å². The second-order valence-corrected chi connectivity index (χ2v) is 9.25. The molecule has 130 valence electrons. The van der Waals surface area contributed by atoms with Gasteiger partial charge in [-0.3, -0.25) is 0 Å². The number of aromatic nitrogens is 1. The summed E-state index contributed by atoms with van der Waals surface area (Å²) in [7, 11) is 0. The molecule has 0 aliphatic heterocycles. The number of unbranched alkanes of at least 4 members (excludes halogenated alkanes) is 2. The Labute approximate surface area is 144 Å². The van der Waals surface area contributed by atoms with E-state index < -0.39 is 0 Å². The smallest absolute Gasteiger partial charge is 0.227 e. The van der Waals surface area contributed by atoms with E-state index in [1.165, 1.54) is 64.2 Å². The first-order valence-electron chi connectivity index (χ1n) is 9.45. The fraction of sp³-hybridized carbons (Fsp3) is 0.842. The molecule has 2 bridgehead atoms. The van der Waals surface area contributed by atoms with E-state index in [0.717, 1.165) is 10.0 Å². The number of nitrogens with one attached hydrogen (secondary N) is 1. The van der Waals surface area contributed by atoms with Crippen molar-refractivity contribution < 1.29 is 5.11 Å². The Bertz CT molecular complexity index is 513. The fourth-order valence-electron chi connectivity index (χ4n) is 4.56. The molecule has 23 heavy (non-hydrogen) atoms. The molecular formula is C19H32N2OS. The van der Waals surface area contributed by atoms with Crippen LogP contribution in [0.5, 0.6) is 5.88 Å². The van der Waals surface area contributed by atoms with Crippen molar-refractivity contribution in [2.75, 3.05) is 5.32 Å². The summed E-state index contributed by atoms with van der Waals surface area (Å²) in [5, 5.41) is 14.7. The molecule has 0 saturated heterocycles. The predicted molar refractivity (Wildman–Crippen MR) is 98.5 cm³/mol. The Kier molecular flexibility index (Phi) is 4.91. The summed E-state index contributed by atoms with van der Waals surface area (Å²) >= 11 is 1.64. The molecule has 0 unspecified atom stereocenters. The maximum absolute atomic E-state index is 10.0. The average molecular weight is 337 g/mol. The summed E-state index contributed by atoms with van der Waals surface area (Å²) in [6.07, 6.45) is 13.5. The van der Waals surface area contributed by atoms with E-state index >= 15 is 0 Å². The quantitative estimate of drug-likeness (QED) is 0.595. The van der Waals surface area contributed by atoms with Crippen LogP contribution in [0.3, 0.4) is 0 Å². The largest absolute Gasteiger partial charge is 0.492 e. The molecule has 4 rings (SSSR count). The van der Waals surface area contributed by atoms with E-state index in [0.29, 0.717) is 11.3 Å². The lowest BCUT2D eigenvalue weighted by Crippen LogP contribution is -2.50. The predicted octanol–water partition coefficient (Wildman–Crippen LogP) is 6.06. The van der Waals surface area contributed by atoms with Gasteiger partial charge in [0.15, 0.2) is 5.13 Å². The van der Waals surface area contributed by atoms with Crippen molar-refractivity contribution in [3.63, 3.8) is 0 Å². The van der Waals surface area contributed by atoms with Gasteiger partial charge in [-0.1, -0.05) is 51.4 Å². The number of hydrogen-bond donors (Lipinski definition) is 2. The lowest BCUT2D eigenvalue weighted by Gasteiger charge is -2.54. The van der Waals surface area contributed by atoms with E-state index in [2.05, 4.69) is 31.1 Å². The minimum absolute atomic E-state index is 0.226. The van der Waals surface area contributed by atoms with Crippen LogP contribution in [0.25, 0.3) is 0 Å². The number of hydrogen-bond acceptors (Lipinski definition) is 4. The number of nitrogens with zero attached hydrogens (tertiary/aromatic N) is 1. The molecular weight excluding hydrogens is 304 g/mol. The van der Waals surface area contributed by atoms with Crippen molar-refractivity contribution in [1.29, 1.82) is 0 Å². The van der Waals surface area contributed by atoms with Crippen LogP contribution in [0, 0.1) is 5.41 Å². The Morgan fingerprint density at radius 1 is 1.13 bits per heavy atom. The minimum atomic E-state index is 0.226. The summed E-state index contributed by atoms with van der Waals surface area (Å²) in [4.78, 5) is 5.38. The number of anilines is 1. The van der Waals surface area contributed by atoms with E-state index in [1.54, 1.807) is 11.3 Å². The zero-order valence-corrected chi connectivity index (χ0v) is 15.8. The monoisotopic (exact) mass is 336 g/mol. The topological polar surface area (TPSA) is 45.2 Å². The van der Waals surface area contributed by atoms with Crippen LogP contribution in [-0.4, -0.2) is 15.6 Å². The van der Waals surface area contributed by atoms with E-state index in [4.69, 9.17) is 0 Å². The molecule has 4 heteroatoms. The average Bonchev–Trinajstić information content (AvgIpc) is 2.90. The van der Waals surface area contributed by atoms with Crippen LogP contribution in [0.2, 0.25) is 0 Å². The molecule has 1 heterocycles. The third-order valence-electron chi connectivity index (χ3n) is 6.24. The normalized spacial score (nSPS) is 30.1. The maximum Gasteiger partial charge on any atom is 0.227 e. The van der Waals surface area contributed by atoms with Crippen LogP contribution < -0.4 is 5.32 Å². The molecule has 0 atom stereocenters. The van der Waals surface area contributed by atoms with Gasteiger partial charge in [0.05, 0.1) is 4.88 Å². The number of fused-ring (bicyclic) bond motifs is 3. The standard InChI is InChI=1S/C19H32N2OS/c1-4-5-6-7-18-8-11-19(12-9-18,13-10-18)21-17-20-16(22)15(23-17)14(2)3/h14,22H,4-13H2,1-3H3,(H,20,21). The van der Waals surface area contributed by atoms with E-state index in [9.17, 15) is 5.11 Å². The van der Waals surface area contributed by atoms with E-state index in [-0.39, 0.29) is 11.4 Å². The molecule has 0 radical (unpaired) electrons. The summed E-state index contributed by atoms with van der Waals surface area (Å²) in [5.74, 6) is 0.564. The Balaban J connectivity index is 1.62. The Morgan fingerprint density at radius 2 is 1.78 bits per heavy atom. The molecule has 3 fully saturated rings. The second kappa shape index (κ2) is 6.62. The van der Waals surface area contributed by atoms with Crippen LogP contribution in [0.4, 0.5) is 5.13 Å². The lowest BCUT2D eigenvalue weighted by molar-refractivity contribution is 0.0451. The highest BCUT2D eigenvalue weighted by Gasteiger charge is 2.48. The van der Waals surface area contributed by atoms with Crippen molar-refractivity contribution in [3.8, 4) is 5.88 Å². The van der Waals surface area contributed by atoms with Crippen molar-refractivity contribution >= 4 is 16.5 Å². The van der Waals surface area contributed by atoms with Gasteiger partial charge in [0.1, 0.15) is 0 Å². The third kappa shape index (κ3) is 3.52. The Hall–Kier alpha value is -0.770. The van der Waals surface area contributed by atoms with Gasteiger partial charge in [-0.2, -0.15) is 4.98 Å². The van der Waals surface area contributed by atoms with Gasteiger partial charge in [0.25, 0.3) is 0 Å². The van der Waals surface area contributed by atoms with Crippen molar-refractivity contribution in [2.45, 2.75) is 96.4 Å². The molecule has 3 aliphatic carbocycles. The fourth-order valence-corrected chi connectivity index (χ4v) is 5.54. The van der Waals surface area contributed by atoms with Gasteiger partial charge in [-0.05, 0) is 56.3 Å². The second-order valence-electron chi connectivity index (χ2n) is 8.22. The van der Waals surface area contributed by atoms with Crippen molar-refractivity contribution in [2.24, 2.45) is 5.41 Å². The number of thiazole rings is 1. The van der Waals surface area contributed by atoms with Crippen LogP contribution in [0.15, 0.2) is 0 Å². The Morgan fingerprint density at radius 3 is 2.30 bits per heavy atom. The van der Waals surface area contributed by atoms with Gasteiger partial charge in [-0.25, -0.2) is 0 Å². The van der Waals surface area contributed by atoms with Gasteiger partial charge < -0.3 is 10.4 Å². The number of aromatic hydroxyl groups is 1. The van der Waals surface area contributed by atoms with Crippen LogP contribution in [0.1, 0.15) is 95.8 Å². The van der Waals surface area contributed by atoms with Crippen molar-refractivity contribution in [3.05, 3.63) is 4.88 Å². The first-order valence-corrected chi connectivity index (χ1v) is 10.3. The molecule has 1 aromatic heterocycles. The summed E-state index contributed by atoms with van der Waals surface area (Å²) in [5.41, 5.74) is 0.887. The van der Waals surface area contributed by atoms with Gasteiger partial charge in [0.2, 0.25) is 5.88 Å². The van der Waals surface area contributed by atoms with Crippen LogP contribution >= 0.6 is 11.3 Å². The minimum Gasteiger partial charge on any atom is -0.492 e. The van der Waals surface area contributed by atoms with E-state index in [1.807, 2.05) is 0 Å². The third-order valence-corrected chi connectivity index (χ3v) is 7.50. The lowest BCUT2D eigenvalue weighted by atomic mass is 9.56. The summed E-state index contributed by atoms with van der Waals surface area (Å²) in [6, 6.07) is 0.